The van der Waals surface area contributed by atoms with Gasteiger partial charge in [0.1, 0.15) is 0 Å². The third-order valence-corrected chi connectivity index (χ3v) is 5.80. The fraction of sp³-hybridized carbons (Fsp3) is 0.500. The largest absolute Gasteiger partial charge is 0.0654 e. The molecule has 0 fully saturated rings. The molecule has 130 valence electrons. The van der Waals surface area contributed by atoms with E-state index in [-0.39, 0.29) is 10.8 Å². The second-order valence-corrected chi connectivity index (χ2v) is 8.04. The second-order valence-electron chi connectivity index (χ2n) is 8.04. The topological polar surface area (TPSA) is 0 Å². The molecule has 0 spiro atoms. The van der Waals surface area contributed by atoms with E-state index in [9.17, 15) is 0 Å². The molecule has 0 bridgehead atoms. The summed E-state index contributed by atoms with van der Waals surface area (Å²) < 4.78 is 0. The van der Waals surface area contributed by atoms with Crippen LogP contribution >= 0.6 is 0 Å². The molecular formula is C24H34. The van der Waals surface area contributed by atoms with Crippen LogP contribution in [0.5, 0.6) is 0 Å². The molecule has 0 unspecified atom stereocenters. The van der Waals surface area contributed by atoms with Gasteiger partial charge in [0.05, 0.1) is 0 Å². The van der Waals surface area contributed by atoms with Crippen LogP contribution in [0.3, 0.4) is 0 Å². The lowest BCUT2D eigenvalue weighted by Gasteiger charge is -2.51. The summed E-state index contributed by atoms with van der Waals surface area (Å²) in [5.41, 5.74) is 3.13. The first-order valence-corrected chi connectivity index (χ1v) is 9.58. The number of hydrogen-bond acceptors (Lipinski definition) is 0. The molecule has 2 rings (SSSR count). The SMILES string of the molecule is CCCCCC(C)(C)C(c1ccccc1)(c1ccccc1)C(C)C. The Labute approximate surface area is 149 Å². The number of rotatable bonds is 8. The summed E-state index contributed by atoms with van der Waals surface area (Å²) in [4.78, 5) is 0. The van der Waals surface area contributed by atoms with E-state index < -0.39 is 0 Å². The minimum absolute atomic E-state index is 0.0310. The Hall–Kier alpha value is -1.56. The monoisotopic (exact) mass is 322 g/mol. The highest BCUT2D eigenvalue weighted by Crippen LogP contribution is 2.54. The van der Waals surface area contributed by atoms with Gasteiger partial charge in [-0.2, -0.15) is 0 Å². The predicted octanol–water partition coefficient (Wildman–Crippen LogP) is 7.24. The third kappa shape index (κ3) is 3.43. The van der Waals surface area contributed by atoms with E-state index in [1.54, 1.807) is 0 Å². The van der Waals surface area contributed by atoms with Gasteiger partial charge >= 0.3 is 0 Å². The van der Waals surface area contributed by atoms with Gasteiger partial charge in [0.2, 0.25) is 0 Å². The molecule has 0 N–H and O–H groups in total. The number of hydrogen-bond donors (Lipinski definition) is 0. The van der Waals surface area contributed by atoms with Crippen molar-refractivity contribution in [1.82, 2.24) is 0 Å². The first-order valence-electron chi connectivity index (χ1n) is 9.58. The van der Waals surface area contributed by atoms with Crippen LogP contribution in [0.25, 0.3) is 0 Å². The molecule has 0 aromatic heterocycles. The van der Waals surface area contributed by atoms with Crippen LogP contribution in [-0.2, 0) is 5.41 Å². The van der Waals surface area contributed by atoms with E-state index in [1.807, 2.05) is 0 Å². The molecule has 2 aromatic carbocycles. The van der Waals surface area contributed by atoms with Crippen molar-refractivity contribution in [3.8, 4) is 0 Å². The van der Waals surface area contributed by atoms with Crippen molar-refractivity contribution >= 4 is 0 Å². The molecule has 0 nitrogen and oxygen atoms in total. The quantitative estimate of drug-likeness (QED) is 0.449. The molecule has 0 heteroatoms. The van der Waals surface area contributed by atoms with Gasteiger partial charge in [-0.3, -0.25) is 0 Å². The van der Waals surface area contributed by atoms with Gasteiger partial charge in [-0.1, -0.05) is 115 Å². The Morgan fingerprint density at radius 1 is 0.750 bits per heavy atom. The van der Waals surface area contributed by atoms with E-state index in [1.165, 1.54) is 36.8 Å². The van der Waals surface area contributed by atoms with Gasteiger partial charge in [0.15, 0.2) is 0 Å². The number of unbranched alkanes of at least 4 members (excludes halogenated alkanes) is 2. The summed E-state index contributed by atoms with van der Waals surface area (Å²) in [7, 11) is 0. The predicted molar refractivity (Wildman–Crippen MR) is 106 cm³/mol. The van der Waals surface area contributed by atoms with Crippen molar-refractivity contribution in [2.24, 2.45) is 11.3 Å². The van der Waals surface area contributed by atoms with Crippen molar-refractivity contribution in [3.63, 3.8) is 0 Å². The molecule has 0 heterocycles. The Kier molecular flexibility index (Phi) is 6.27. The van der Waals surface area contributed by atoms with Crippen molar-refractivity contribution < 1.29 is 0 Å². The van der Waals surface area contributed by atoms with E-state index in [2.05, 4.69) is 95.3 Å². The Morgan fingerprint density at radius 3 is 1.58 bits per heavy atom. The summed E-state index contributed by atoms with van der Waals surface area (Å²) in [6.07, 6.45) is 5.16. The Bertz CT molecular complexity index is 553. The first kappa shape index (κ1) is 18.8. The maximum absolute atomic E-state index is 2.47. The van der Waals surface area contributed by atoms with Gasteiger partial charge < -0.3 is 0 Å². The van der Waals surface area contributed by atoms with Crippen molar-refractivity contribution in [2.45, 2.75) is 65.7 Å². The molecule has 2 aromatic rings. The second kappa shape index (κ2) is 8.01. The van der Waals surface area contributed by atoms with E-state index >= 15 is 0 Å². The molecule has 0 atom stereocenters. The maximum Gasteiger partial charge on any atom is 0.0276 e. The highest BCUT2D eigenvalue weighted by atomic mass is 14.5. The molecule has 0 saturated heterocycles. The molecular weight excluding hydrogens is 288 g/mol. The average Bonchev–Trinajstić information content (AvgIpc) is 2.57. The number of benzene rings is 2. The fourth-order valence-electron chi connectivity index (χ4n) is 4.81. The van der Waals surface area contributed by atoms with Gasteiger partial charge in [-0.05, 0) is 28.9 Å². The van der Waals surface area contributed by atoms with E-state index in [0.717, 1.165) is 0 Å². The lowest BCUT2D eigenvalue weighted by Crippen LogP contribution is -2.47. The zero-order chi connectivity index (χ0) is 17.6. The van der Waals surface area contributed by atoms with Crippen molar-refractivity contribution in [2.75, 3.05) is 0 Å². The van der Waals surface area contributed by atoms with Gasteiger partial charge in [0, 0.05) is 5.41 Å². The summed E-state index contributed by atoms with van der Waals surface area (Å²) in [6, 6.07) is 22.3. The first-order chi connectivity index (χ1) is 11.5. The standard InChI is InChI=1S/C24H34/c1-6-7-14-19-23(4,5)24(20(2)3,21-15-10-8-11-16-21)22-17-12-9-13-18-22/h8-13,15-18,20H,6-7,14,19H2,1-5H3. The van der Waals surface area contributed by atoms with Crippen LogP contribution in [0.4, 0.5) is 0 Å². The fourth-order valence-corrected chi connectivity index (χ4v) is 4.81. The third-order valence-electron chi connectivity index (χ3n) is 5.80. The van der Waals surface area contributed by atoms with Crippen molar-refractivity contribution in [1.29, 1.82) is 0 Å². The van der Waals surface area contributed by atoms with Gasteiger partial charge in [-0.25, -0.2) is 0 Å². The molecule has 0 amide bonds. The lowest BCUT2D eigenvalue weighted by atomic mass is 9.52. The van der Waals surface area contributed by atoms with E-state index in [0.29, 0.717) is 5.92 Å². The smallest absolute Gasteiger partial charge is 0.0276 e. The zero-order valence-corrected chi connectivity index (χ0v) is 16.2. The van der Waals surface area contributed by atoms with Crippen molar-refractivity contribution in [3.05, 3.63) is 71.8 Å². The maximum atomic E-state index is 2.47. The normalized spacial score (nSPS) is 12.6. The van der Waals surface area contributed by atoms with Crippen LogP contribution < -0.4 is 0 Å². The summed E-state index contributed by atoms with van der Waals surface area (Å²) in [5, 5.41) is 0. The highest BCUT2D eigenvalue weighted by molar-refractivity contribution is 5.42. The minimum atomic E-state index is 0.0310. The molecule has 0 saturated carbocycles. The Morgan fingerprint density at radius 2 is 1.21 bits per heavy atom. The summed E-state index contributed by atoms with van der Waals surface area (Å²) in [5.74, 6) is 0.527. The summed E-state index contributed by atoms with van der Waals surface area (Å²) >= 11 is 0. The molecule has 24 heavy (non-hydrogen) atoms. The Balaban J connectivity index is 2.63. The summed E-state index contributed by atoms with van der Waals surface area (Å²) in [6.45, 7) is 12.0. The molecule has 0 radical (unpaired) electrons. The lowest BCUT2D eigenvalue weighted by molar-refractivity contribution is 0.128. The molecule has 0 aliphatic heterocycles. The highest BCUT2D eigenvalue weighted by Gasteiger charge is 2.49. The zero-order valence-electron chi connectivity index (χ0n) is 16.2. The van der Waals surface area contributed by atoms with Crippen LogP contribution in [0.1, 0.15) is 71.4 Å². The van der Waals surface area contributed by atoms with Gasteiger partial charge in [0.25, 0.3) is 0 Å². The molecule has 0 aliphatic rings. The minimum Gasteiger partial charge on any atom is -0.0654 e. The van der Waals surface area contributed by atoms with Crippen LogP contribution in [0, 0.1) is 11.3 Å². The molecule has 0 aliphatic carbocycles. The van der Waals surface area contributed by atoms with Crippen LogP contribution in [0.2, 0.25) is 0 Å². The van der Waals surface area contributed by atoms with Gasteiger partial charge in [-0.15, -0.1) is 0 Å². The average molecular weight is 323 g/mol. The van der Waals surface area contributed by atoms with Crippen LogP contribution in [-0.4, -0.2) is 0 Å². The van der Waals surface area contributed by atoms with E-state index in [4.69, 9.17) is 0 Å². The van der Waals surface area contributed by atoms with Crippen LogP contribution in [0.15, 0.2) is 60.7 Å².